The summed E-state index contributed by atoms with van der Waals surface area (Å²) in [6, 6.07) is 6.97. The van der Waals surface area contributed by atoms with Crippen molar-refractivity contribution in [2.45, 2.75) is 38.1 Å². The lowest BCUT2D eigenvalue weighted by Gasteiger charge is -2.15. The molecule has 2 fully saturated rings. The second kappa shape index (κ2) is 6.46. The molecular formula is C17H21FN2O2. The molecule has 1 unspecified atom stereocenters. The lowest BCUT2D eigenvalue weighted by Crippen LogP contribution is -2.32. The van der Waals surface area contributed by atoms with E-state index < -0.39 is 0 Å². The number of carbonyl (C=O) groups excluding carboxylic acids is 2. The lowest BCUT2D eigenvalue weighted by molar-refractivity contribution is -0.128. The Morgan fingerprint density at radius 2 is 2.09 bits per heavy atom. The number of hydrogen-bond donors (Lipinski definition) is 1. The van der Waals surface area contributed by atoms with Gasteiger partial charge in [-0.3, -0.25) is 9.59 Å². The van der Waals surface area contributed by atoms with Crippen molar-refractivity contribution in [1.82, 2.24) is 10.2 Å². The number of nitrogens with zero attached hydrogens (tertiary/aromatic N) is 1. The number of carbonyl (C=O) groups is 2. The maximum atomic E-state index is 13.5. The zero-order chi connectivity index (χ0) is 15.5. The molecule has 1 aliphatic heterocycles. The summed E-state index contributed by atoms with van der Waals surface area (Å²) >= 11 is 0. The molecule has 1 saturated heterocycles. The summed E-state index contributed by atoms with van der Waals surface area (Å²) in [5.74, 6) is 0.0796. The van der Waals surface area contributed by atoms with Crippen LogP contribution in [0.3, 0.4) is 0 Å². The summed E-state index contributed by atoms with van der Waals surface area (Å²) in [4.78, 5) is 25.6. The van der Waals surface area contributed by atoms with Crippen LogP contribution in [-0.2, 0) is 16.0 Å². The number of aryl methyl sites for hydroxylation is 1. The van der Waals surface area contributed by atoms with Crippen molar-refractivity contribution in [2.24, 2.45) is 5.92 Å². The molecule has 0 bridgehead atoms. The van der Waals surface area contributed by atoms with Crippen molar-refractivity contribution in [3.05, 3.63) is 35.6 Å². The molecule has 4 nitrogen and oxygen atoms in total. The smallest absolute Gasteiger partial charge is 0.223 e. The van der Waals surface area contributed by atoms with Crippen molar-refractivity contribution in [1.29, 1.82) is 0 Å². The van der Waals surface area contributed by atoms with E-state index >= 15 is 0 Å². The minimum atomic E-state index is -0.267. The highest BCUT2D eigenvalue weighted by molar-refractivity contribution is 5.80. The minimum absolute atomic E-state index is 0.0828. The van der Waals surface area contributed by atoms with Gasteiger partial charge in [0.2, 0.25) is 11.8 Å². The summed E-state index contributed by atoms with van der Waals surface area (Å²) in [6.07, 6.45) is 3.44. The van der Waals surface area contributed by atoms with Crippen LogP contribution in [-0.4, -0.2) is 35.8 Å². The molecule has 3 rings (SSSR count). The Hall–Kier alpha value is -1.91. The molecule has 0 spiro atoms. The van der Waals surface area contributed by atoms with E-state index in [0.29, 0.717) is 31.0 Å². The quantitative estimate of drug-likeness (QED) is 0.872. The Morgan fingerprint density at radius 3 is 2.82 bits per heavy atom. The van der Waals surface area contributed by atoms with Crippen LogP contribution in [0.4, 0.5) is 4.39 Å². The molecule has 0 aromatic heterocycles. The van der Waals surface area contributed by atoms with Gasteiger partial charge in [-0.15, -0.1) is 0 Å². The van der Waals surface area contributed by atoms with Gasteiger partial charge in [-0.2, -0.15) is 0 Å². The molecule has 22 heavy (non-hydrogen) atoms. The van der Waals surface area contributed by atoms with Crippen LogP contribution in [0.2, 0.25) is 0 Å². The minimum Gasteiger partial charge on any atom is -0.356 e. The fourth-order valence-corrected chi connectivity index (χ4v) is 2.98. The van der Waals surface area contributed by atoms with Crippen molar-refractivity contribution in [3.63, 3.8) is 0 Å². The van der Waals surface area contributed by atoms with Crippen LogP contribution in [0.5, 0.6) is 0 Å². The zero-order valence-corrected chi connectivity index (χ0v) is 12.6. The number of likely N-dealkylation sites (tertiary alicyclic amines) is 1. The number of amides is 2. The monoisotopic (exact) mass is 304 g/mol. The summed E-state index contributed by atoms with van der Waals surface area (Å²) in [7, 11) is 0. The fraction of sp³-hybridized carbons (Fsp3) is 0.529. The molecule has 1 aliphatic carbocycles. The van der Waals surface area contributed by atoms with Gasteiger partial charge in [-0.1, -0.05) is 18.2 Å². The Bertz CT molecular complexity index is 572. The van der Waals surface area contributed by atoms with Gasteiger partial charge >= 0.3 is 0 Å². The maximum absolute atomic E-state index is 13.5. The molecule has 0 radical (unpaired) electrons. The van der Waals surface area contributed by atoms with E-state index in [9.17, 15) is 14.0 Å². The Labute approximate surface area is 129 Å². The third-order valence-corrected chi connectivity index (χ3v) is 4.39. The van der Waals surface area contributed by atoms with E-state index in [1.165, 1.54) is 6.07 Å². The predicted molar refractivity (Wildman–Crippen MR) is 80.6 cm³/mol. The third kappa shape index (κ3) is 3.64. The van der Waals surface area contributed by atoms with Gasteiger partial charge in [-0.05, 0) is 30.9 Å². The summed E-state index contributed by atoms with van der Waals surface area (Å²) in [5.41, 5.74) is 0.564. The van der Waals surface area contributed by atoms with Crippen molar-refractivity contribution in [2.75, 3.05) is 13.1 Å². The fourth-order valence-electron chi connectivity index (χ4n) is 2.98. The number of hydrogen-bond acceptors (Lipinski definition) is 2. The normalized spacial score (nSPS) is 21.2. The highest BCUT2D eigenvalue weighted by Gasteiger charge is 2.39. The van der Waals surface area contributed by atoms with E-state index in [1.54, 1.807) is 18.2 Å². The lowest BCUT2D eigenvalue weighted by atomic mass is 10.1. The topological polar surface area (TPSA) is 49.4 Å². The van der Waals surface area contributed by atoms with Crippen LogP contribution in [0.1, 0.15) is 31.2 Å². The van der Waals surface area contributed by atoms with Crippen LogP contribution >= 0.6 is 0 Å². The summed E-state index contributed by atoms with van der Waals surface area (Å²) < 4.78 is 13.5. The second-order valence-corrected chi connectivity index (χ2v) is 6.24. The van der Waals surface area contributed by atoms with Crippen LogP contribution in [0.25, 0.3) is 0 Å². The van der Waals surface area contributed by atoms with Gasteiger partial charge < -0.3 is 10.2 Å². The summed E-state index contributed by atoms with van der Waals surface area (Å²) in [5, 5.41) is 2.87. The van der Waals surface area contributed by atoms with E-state index in [0.717, 1.165) is 19.4 Å². The Morgan fingerprint density at radius 1 is 1.32 bits per heavy atom. The average Bonchev–Trinajstić information content (AvgIpc) is 3.28. The molecule has 1 N–H and O–H groups in total. The van der Waals surface area contributed by atoms with Crippen molar-refractivity contribution in [3.8, 4) is 0 Å². The molecular weight excluding hydrogens is 283 g/mol. The largest absolute Gasteiger partial charge is 0.356 e. The third-order valence-electron chi connectivity index (χ3n) is 4.39. The SMILES string of the molecule is O=C(CCc1ccccc1F)NCC1CC(=O)N(C2CC2)C1. The van der Waals surface area contributed by atoms with Crippen molar-refractivity contribution < 1.29 is 14.0 Å². The van der Waals surface area contributed by atoms with Gasteiger partial charge in [0, 0.05) is 37.9 Å². The van der Waals surface area contributed by atoms with Gasteiger partial charge in [0.15, 0.2) is 0 Å². The van der Waals surface area contributed by atoms with E-state index in [1.807, 2.05) is 4.90 Å². The van der Waals surface area contributed by atoms with Gasteiger partial charge in [-0.25, -0.2) is 4.39 Å². The van der Waals surface area contributed by atoms with Crippen LogP contribution < -0.4 is 5.32 Å². The molecule has 1 aromatic carbocycles. The zero-order valence-electron chi connectivity index (χ0n) is 12.6. The number of benzene rings is 1. The summed E-state index contributed by atoms with van der Waals surface area (Å²) in [6.45, 7) is 1.29. The standard InChI is InChI=1S/C17H21FN2O2/c18-15-4-2-1-3-13(15)5-8-16(21)19-10-12-9-17(22)20(11-12)14-6-7-14/h1-4,12,14H,5-11H2,(H,19,21). The molecule has 2 amide bonds. The number of nitrogens with one attached hydrogen (secondary N) is 1. The number of halogens is 1. The molecule has 5 heteroatoms. The maximum Gasteiger partial charge on any atom is 0.223 e. The highest BCUT2D eigenvalue weighted by Crippen LogP contribution is 2.32. The Balaban J connectivity index is 1.39. The van der Waals surface area contributed by atoms with Crippen LogP contribution in [0.15, 0.2) is 24.3 Å². The molecule has 118 valence electrons. The first kappa shape index (κ1) is 15.0. The van der Waals surface area contributed by atoms with Gasteiger partial charge in [0.1, 0.15) is 5.82 Å². The molecule has 2 aliphatic rings. The van der Waals surface area contributed by atoms with Crippen molar-refractivity contribution >= 4 is 11.8 Å². The average molecular weight is 304 g/mol. The van der Waals surface area contributed by atoms with Crippen LogP contribution in [0, 0.1) is 11.7 Å². The van der Waals surface area contributed by atoms with E-state index in [4.69, 9.17) is 0 Å². The molecule has 1 atom stereocenters. The van der Waals surface area contributed by atoms with Gasteiger partial charge in [0.05, 0.1) is 0 Å². The highest BCUT2D eigenvalue weighted by atomic mass is 19.1. The molecule has 1 aromatic rings. The van der Waals surface area contributed by atoms with E-state index in [-0.39, 0.29) is 30.0 Å². The first-order valence-corrected chi connectivity index (χ1v) is 7.93. The first-order valence-electron chi connectivity index (χ1n) is 7.93. The second-order valence-electron chi connectivity index (χ2n) is 6.24. The Kier molecular flexibility index (Phi) is 4.41. The van der Waals surface area contributed by atoms with Gasteiger partial charge in [0.25, 0.3) is 0 Å². The first-order chi connectivity index (χ1) is 10.6. The van der Waals surface area contributed by atoms with E-state index in [2.05, 4.69) is 5.32 Å². The molecule has 1 saturated carbocycles. The molecule has 1 heterocycles. The predicted octanol–water partition coefficient (Wildman–Crippen LogP) is 1.89. The number of rotatable bonds is 6.